The first kappa shape index (κ1) is 16.8. The zero-order valence-corrected chi connectivity index (χ0v) is 14.5. The zero-order valence-electron chi connectivity index (χ0n) is 14.5. The molecule has 3 rings (SSSR count). The minimum absolute atomic E-state index is 0.129. The molecular weight excluding hydrogens is 318 g/mol. The van der Waals surface area contributed by atoms with Crippen LogP contribution in [0.4, 0.5) is 0 Å². The predicted molar refractivity (Wildman–Crippen MR) is 92.5 cm³/mol. The van der Waals surface area contributed by atoms with Gasteiger partial charge in [-0.2, -0.15) is 4.80 Å². The lowest BCUT2D eigenvalue weighted by atomic mass is 10.1. The van der Waals surface area contributed by atoms with Crippen molar-refractivity contribution in [3.05, 3.63) is 48.0 Å². The molecule has 1 aromatic carbocycles. The number of aromatic nitrogens is 6. The van der Waals surface area contributed by atoms with Crippen LogP contribution in [-0.4, -0.2) is 35.7 Å². The van der Waals surface area contributed by atoms with Crippen molar-refractivity contribution in [1.29, 1.82) is 0 Å². The van der Waals surface area contributed by atoms with Crippen molar-refractivity contribution in [2.45, 2.75) is 26.9 Å². The van der Waals surface area contributed by atoms with Gasteiger partial charge in [0.15, 0.2) is 0 Å². The quantitative estimate of drug-likeness (QED) is 0.737. The molecule has 130 valence electrons. The molecule has 8 nitrogen and oxygen atoms in total. The highest BCUT2D eigenvalue weighted by Crippen LogP contribution is 2.14. The number of aryl methyl sites for hydroxylation is 1. The van der Waals surface area contributed by atoms with Gasteiger partial charge in [0, 0.05) is 23.9 Å². The van der Waals surface area contributed by atoms with Crippen LogP contribution in [0, 0.1) is 5.92 Å². The van der Waals surface area contributed by atoms with Gasteiger partial charge in [0.1, 0.15) is 0 Å². The smallest absolute Gasteiger partial charge is 0.251 e. The van der Waals surface area contributed by atoms with Crippen molar-refractivity contribution in [3.63, 3.8) is 0 Å². The highest BCUT2D eigenvalue weighted by atomic mass is 16.1. The van der Waals surface area contributed by atoms with Crippen LogP contribution in [0.2, 0.25) is 0 Å². The summed E-state index contributed by atoms with van der Waals surface area (Å²) in [5, 5.41) is 14.8. The summed E-state index contributed by atoms with van der Waals surface area (Å²) in [6.07, 6.45) is 3.58. The Labute approximate surface area is 145 Å². The van der Waals surface area contributed by atoms with E-state index in [1.54, 1.807) is 31.7 Å². The van der Waals surface area contributed by atoms with Gasteiger partial charge in [-0.25, -0.2) is 4.98 Å². The highest BCUT2D eigenvalue weighted by Gasteiger charge is 2.10. The van der Waals surface area contributed by atoms with Crippen LogP contribution in [0.15, 0.2) is 36.8 Å². The first-order valence-electron chi connectivity index (χ1n) is 8.14. The van der Waals surface area contributed by atoms with E-state index < -0.39 is 0 Å². The Hall–Kier alpha value is -3.03. The fraction of sp³-hybridized carbons (Fsp3) is 0.353. The van der Waals surface area contributed by atoms with E-state index in [0.717, 1.165) is 17.8 Å². The van der Waals surface area contributed by atoms with Crippen molar-refractivity contribution in [3.8, 4) is 11.4 Å². The Bertz CT molecular complexity index is 848. The third kappa shape index (κ3) is 4.09. The number of nitrogens with zero attached hydrogens (tertiary/aromatic N) is 6. The van der Waals surface area contributed by atoms with Crippen LogP contribution >= 0.6 is 0 Å². The average Bonchev–Trinajstić information content (AvgIpc) is 3.21. The van der Waals surface area contributed by atoms with Gasteiger partial charge in [0.2, 0.25) is 5.82 Å². The molecule has 0 aliphatic heterocycles. The maximum absolute atomic E-state index is 12.3. The predicted octanol–water partition coefficient (Wildman–Crippen LogP) is 1.66. The van der Waals surface area contributed by atoms with Crippen LogP contribution in [0.5, 0.6) is 0 Å². The van der Waals surface area contributed by atoms with Gasteiger partial charge in [-0.1, -0.05) is 26.0 Å². The fourth-order valence-electron chi connectivity index (χ4n) is 2.50. The second kappa shape index (κ2) is 7.25. The van der Waals surface area contributed by atoms with Crippen molar-refractivity contribution in [1.82, 2.24) is 35.1 Å². The Morgan fingerprint density at radius 3 is 2.64 bits per heavy atom. The van der Waals surface area contributed by atoms with E-state index in [-0.39, 0.29) is 5.91 Å². The molecule has 8 heteroatoms. The van der Waals surface area contributed by atoms with Crippen LogP contribution < -0.4 is 5.32 Å². The first-order chi connectivity index (χ1) is 12.0. The molecule has 0 bridgehead atoms. The van der Waals surface area contributed by atoms with Gasteiger partial charge in [0.05, 0.1) is 25.6 Å². The van der Waals surface area contributed by atoms with E-state index >= 15 is 0 Å². The van der Waals surface area contributed by atoms with E-state index in [0.29, 0.717) is 23.9 Å². The Balaban J connectivity index is 1.63. The van der Waals surface area contributed by atoms with Crippen LogP contribution in [0.1, 0.15) is 29.9 Å². The van der Waals surface area contributed by atoms with Crippen molar-refractivity contribution < 1.29 is 4.79 Å². The number of imidazole rings is 1. The topological polar surface area (TPSA) is 90.5 Å². The Morgan fingerprint density at radius 2 is 2.00 bits per heavy atom. The molecule has 0 unspecified atom stereocenters. The lowest BCUT2D eigenvalue weighted by Gasteiger charge is -2.11. The molecule has 0 saturated heterocycles. The van der Waals surface area contributed by atoms with Crippen LogP contribution in [-0.2, 0) is 20.1 Å². The summed E-state index contributed by atoms with van der Waals surface area (Å²) in [5.41, 5.74) is 2.39. The number of amides is 1. The third-order valence-corrected chi connectivity index (χ3v) is 3.70. The summed E-state index contributed by atoms with van der Waals surface area (Å²) in [4.78, 5) is 17.9. The molecule has 0 aliphatic rings. The summed E-state index contributed by atoms with van der Waals surface area (Å²) in [5.74, 6) is 0.925. The van der Waals surface area contributed by atoms with Crippen LogP contribution in [0.3, 0.4) is 0 Å². The molecule has 25 heavy (non-hydrogen) atoms. The molecule has 0 saturated carbocycles. The number of rotatable bonds is 6. The number of benzene rings is 1. The van der Waals surface area contributed by atoms with Gasteiger partial charge in [-0.3, -0.25) is 4.79 Å². The van der Waals surface area contributed by atoms with Gasteiger partial charge in [0.25, 0.3) is 5.91 Å². The summed E-state index contributed by atoms with van der Waals surface area (Å²) >= 11 is 0. The lowest BCUT2D eigenvalue weighted by molar-refractivity contribution is 0.0950. The van der Waals surface area contributed by atoms with Gasteiger partial charge in [-0.15, -0.1) is 10.2 Å². The minimum atomic E-state index is -0.129. The number of nitrogens with one attached hydrogen (secondary N) is 1. The molecule has 1 N–H and O–H groups in total. The Kier molecular flexibility index (Phi) is 4.87. The number of hydrogen-bond donors (Lipinski definition) is 1. The van der Waals surface area contributed by atoms with E-state index in [1.165, 1.54) is 4.80 Å². The first-order valence-corrected chi connectivity index (χ1v) is 8.14. The van der Waals surface area contributed by atoms with Gasteiger partial charge < -0.3 is 9.88 Å². The minimum Gasteiger partial charge on any atom is -0.346 e. The van der Waals surface area contributed by atoms with Gasteiger partial charge >= 0.3 is 0 Å². The standard InChI is InChI=1S/C17H21N7O/c1-12(2)10-24-11-18-8-15(24)9-19-17(25)14-6-4-13(5-7-14)16-20-22-23(3)21-16/h4-8,11-12H,9-10H2,1-3H3,(H,19,25). The number of carbonyl (C=O) groups excluding carboxylic acids is 1. The number of carbonyl (C=O) groups is 1. The monoisotopic (exact) mass is 339 g/mol. The summed E-state index contributed by atoms with van der Waals surface area (Å²) in [6.45, 7) is 5.62. The summed E-state index contributed by atoms with van der Waals surface area (Å²) in [6, 6.07) is 7.14. The van der Waals surface area contributed by atoms with E-state index in [9.17, 15) is 4.79 Å². The molecule has 1 amide bonds. The molecular formula is C17H21N7O. The van der Waals surface area contributed by atoms with E-state index in [1.807, 2.05) is 12.1 Å². The van der Waals surface area contributed by atoms with Crippen molar-refractivity contribution in [2.24, 2.45) is 13.0 Å². The zero-order chi connectivity index (χ0) is 17.8. The molecule has 0 radical (unpaired) electrons. The van der Waals surface area contributed by atoms with Gasteiger partial charge in [-0.05, 0) is 23.3 Å². The second-order valence-electron chi connectivity index (χ2n) is 6.29. The van der Waals surface area contributed by atoms with Crippen molar-refractivity contribution >= 4 is 5.91 Å². The maximum atomic E-state index is 12.3. The average molecular weight is 339 g/mol. The number of tetrazole rings is 1. The second-order valence-corrected chi connectivity index (χ2v) is 6.29. The molecule has 0 spiro atoms. The third-order valence-electron chi connectivity index (χ3n) is 3.70. The largest absolute Gasteiger partial charge is 0.346 e. The molecule has 2 heterocycles. The SMILES string of the molecule is CC(C)Cn1cncc1CNC(=O)c1ccc(-c2nnn(C)n2)cc1. The lowest BCUT2D eigenvalue weighted by Crippen LogP contribution is -2.24. The van der Waals surface area contributed by atoms with E-state index in [4.69, 9.17) is 0 Å². The Morgan fingerprint density at radius 1 is 1.24 bits per heavy atom. The summed E-state index contributed by atoms with van der Waals surface area (Å²) < 4.78 is 2.06. The fourth-order valence-corrected chi connectivity index (χ4v) is 2.50. The summed E-state index contributed by atoms with van der Waals surface area (Å²) in [7, 11) is 1.71. The molecule has 0 fully saturated rings. The van der Waals surface area contributed by atoms with Crippen LogP contribution in [0.25, 0.3) is 11.4 Å². The molecule has 0 aliphatic carbocycles. The van der Waals surface area contributed by atoms with Crippen molar-refractivity contribution in [2.75, 3.05) is 0 Å². The number of hydrogen-bond acceptors (Lipinski definition) is 5. The molecule has 0 atom stereocenters. The molecule has 2 aromatic heterocycles. The maximum Gasteiger partial charge on any atom is 0.251 e. The van der Waals surface area contributed by atoms with E-state index in [2.05, 4.69) is 44.1 Å². The normalized spacial score (nSPS) is 11.0. The molecule has 3 aromatic rings. The highest BCUT2D eigenvalue weighted by molar-refractivity contribution is 5.94.